The van der Waals surface area contributed by atoms with Gasteiger partial charge in [-0.2, -0.15) is 0 Å². The van der Waals surface area contributed by atoms with Crippen LogP contribution in [0.1, 0.15) is 23.5 Å². The Labute approximate surface area is 159 Å². The second-order valence-electron chi connectivity index (χ2n) is 6.64. The van der Waals surface area contributed by atoms with E-state index in [0.29, 0.717) is 17.1 Å². The summed E-state index contributed by atoms with van der Waals surface area (Å²) in [5.41, 5.74) is 1.87. The van der Waals surface area contributed by atoms with Crippen LogP contribution in [0.2, 0.25) is 0 Å². The number of hydrogen-bond acceptors (Lipinski definition) is 5. The Balaban J connectivity index is 1.40. The SMILES string of the molecule is Cn1cncc1-c1ccnc(C(=O)Nc2ccc(OC3CC(F)(F)C3)cc2)n1. The number of hydrogen-bond donors (Lipinski definition) is 1. The molecule has 7 nitrogen and oxygen atoms in total. The molecule has 0 aliphatic heterocycles. The molecule has 0 saturated heterocycles. The summed E-state index contributed by atoms with van der Waals surface area (Å²) >= 11 is 0. The Morgan fingerprint density at radius 2 is 2.00 bits per heavy atom. The number of carbonyl (C=O) groups is 1. The number of nitrogens with zero attached hydrogens (tertiary/aromatic N) is 4. The number of benzene rings is 1. The third kappa shape index (κ3) is 3.83. The van der Waals surface area contributed by atoms with Gasteiger partial charge in [-0.3, -0.25) is 4.79 Å². The van der Waals surface area contributed by atoms with Gasteiger partial charge >= 0.3 is 0 Å². The van der Waals surface area contributed by atoms with Gasteiger partial charge in [0.25, 0.3) is 11.8 Å². The van der Waals surface area contributed by atoms with E-state index in [9.17, 15) is 13.6 Å². The quantitative estimate of drug-likeness (QED) is 0.729. The zero-order valence-corrected chi connectivity index (χ0v) is 15.0. The lowest BCUT2D eigenvalue weighted by Crippen LogP contribution is -2.43. The molecule has 1 aromatic carbocycles. The van der Waals surface area contributed by atoms with Crippen LogP contribution in [-0.2, 0) is 7.05 Å². The van der Waals surface area contributed by atoms with Crippen LogP contribution in [0, 0.1) is 0 Å². The van der Waals surface area contributed by atoms with E-state index < -0.39 is 17.9 Å². The molecule has 0 atom stereocenters. The fourth-order valence-electron chi connectivity index (χ4n) is 2.90. The van der Waals surface area contributed by atoms with Crippen LogP contribution in [0.3, 0.4) is 0 Å². The molecule has 1 fully saturated rings. The predicted octanol–water partition coefficient (Wildman–Crippen LogP) is 3.31. The average molecular weight is 385 g/mol. The molecular formula is C19H17F2N5O2. The van der Waals surface area contributed by atoms with E-state index in [1.54, 1.807) is 47.4 Å². The predicted molar refractivity (Wildman–Crippen MR) is 97.2 cm³/mol. The highest BCUT2D eigenvalue weighted by Crippen LogP contribution is 2.39. The summed E-state index contributed by atoms with van der Waals surface area (Å²) in [5, 5.41) is 2.71. The highest BCUT2D eigenvalue weighted by Gasteiger charge is 2.46. The molecule has 2 heterocycles. The zero-order valence-electron chi connectivity index (χ0n) is 15.0. The first kappa shape index (κ1) is 18.0. The van der Waals surface area contributed by atoms with Crippen molar-refractivity contribution in [3.05, 3.63) is 54.9 Å². The van der Waals surface area contributed by atoms with Gasteiger partial charge in [0.05, 0.1) is 23.9 Å². The van der Waals surface area contributed by atoms with Crippen LogP contribution in [0.4, 0.5) is 14.5 Å². The third-order valence-corrected chi connectivity index (χ3v) is 4.41. The van der Waals surface area contributed by atoms with Crippen molar-refractivity contribution < 1.29 is 18.3 Å². The molecule has 144 valence electrons. The van der Waals surface area contributed by atoms with Gasteiger partial charge in [0, 0.05) is 31.8 Å². The third-order valence-electron chi connectivity index (χ3n) is 4.41. The lowest BCUT2D eigenvalue weighted by Gasteiger charge is -2.34. The Hall–Kier alpha value is -3.36. The summed E-state index contributed by atoms with van der Waals surface area (Å²) < 4.78 is 33.0. The van der Waals surface area contributed by atoms with E-state index in [4.69, 9.17) is 4.74 Å². The van der Waals surface area contributed by atoms with E-state index in [1.807, 2.05) is 7.05 Å². The minimum atomic E-state index is -2.62. The van der Waals surface area contributed by atoms with E-state index in [0.717, 1.165) is 5.69 Å². The fraction of sp³-hybridized carbons (Fsp3) is 0.263. The number of carbonyl (C=O) groups excluding carboxylic acids is 1. The van der Waals surface area contributed by atoms with Gasteiger partial charge in [0.1, 0.15) is 11.9 Å². The van der Waals surface area contributed by atoms with Gasteiger partial charge in [-0.05, 0) is 30.3 Å². The molecule has 1 amide bonds. The summed E-state index contributed by atoms with van der Waals surface area (Å²) in [7, 11) is 1.83. The molecule has 1 aliphatic rings. The molecule has 2 aromatic heterocycles. The zero-order chi connectivity index (χ0) is 19.7. The van der Waals surface area contributed by atoms with Crippen LogP contribution in [0.25, 0.3) is 11.4 Å². The molecule has 9 heteroatoms. The van der Waals surface area contributed by atoms with Crippen molar-refractivity contribution in [3.8, 4) is 17.1 Å². The molecule has 0 radical (unpaired) electrons. The highest BCUT2D eigenvalue weighted by molar-refractivity contribution is 6.01. The van der Waals surface area contributed by atoms with Crippen molar-refractivity contribution in [3.63, 3.8) is 0 Å². The maximum Gasteiger partial charge on any atom is 0.293 e. The molecule has 3 aromatic rings. The van der Waals surface area contributed by atoms with E-state index >= 15 is 0 Å². The first-order valence-electron chi connectivity index (χ1n) is 8.65. The molecule has 0 unspecified atom stereocenters. The number of alkyl halides is 2. The summed E-state index contributed by atoms with van der Waals surface area (Å²) in [4.78, 5) is 24.8. The number of nitrogens with one attached hydrogen (secondary N) is 1. The number of imidazole rings is 1. The molecule has 0 spiro atoms. The minimum Gasteiger partial charge on any atom is -0.490 e. The largest absolute Gasteiger partial charge is 0.490 e. The Morgan fingerprint density at radius 1 is 1.25 bits per heavy atom. The average Bonchev–Trinajstić information content (AvgIpc) is 3.08. The van der Waals surface area contributed by atoms with Gasteiger partial charge in [0.2, 0.25) is 5.82 Å². The number of anilines is 1. The number of halogens is 2. The number of amides is 1. The van der Waals surface area contributed by atoms with Crippen LogP contribution in [0.15, 0.2) is 49.1 Å². The Bertz CT molecular complexity index is 996. The first-order valence-corrected chi connectivity index (χ1v) is 8.65. The second-order valence-corrected chi connectivity index (χ2v) is 6.64. The monoisotopic (exact) mass is 385 g/mol. The smallest absolute Gasteiger partial charge is 0.293 e. The molecule has 1 saturated carbocycles. The van der Waals surface area contributed by atoms with Crippen molar-refractivity contribution in [1.82, 2.24) is 19.5 Å². The lowest BCUT2D eigenvalue weighted by molar-refractivity contribution is -0.134. The molecule has 1 aliphatic carbocycles. The number of rotatable bonds is 5. The standard InChI is InChI=1S/C19H17F2N5O2/c1-26-11-22-10-16(26)15-6-7-23-17(25-15)18(27)24-12-2-4-13(5-3-12)28-14-8-19(20,21)9-14/h2-7,10-11,14H,8-9H2,1H3,(H,24,27). The number of ether oxygens (including phenoxy) is 1. The normalized spacial score (nSPS) is 15.7. The van der Waals surface area contributed by atoms with Crippen LogP contribution >= 0.6 is 0 Å². The van der Waals surface area contributed by atoms with E-state index in [2.05, 4.69) is 20.3 Å². The molecule has 4 rings (SSSR count). The van der Waals surface area contributed by atoms with Crippen molar-refractivity contribution in [1.29, 1.82) is 0 Å². The van der Waals surface area contributed by atoms with Gasteiger partial charge in [-0.25, -0.2) is 23.7 Å². The summed E-state index contributed by atoms with van der Waals surface area (Å²) in [5.74, 6) is -2.58. The minimum absolute atomic E-state index is 0.0238. The van der Waals surface area contributed by atoms with Crippen molar-refractivity contribution >= 4 is 11.6 Å². The van der Waals surface area contributed by atoms with Gasteiger partial charge in [-0.1, -0.05) is 0 Å². The van der Waals surface area contributed by atoms with Crippen molar-refractivity contribution in [2.45, 2.75) is 24.9 Å². The van der Waals surface area contributed by atoms with Crippen LogP contribution in [0.5, 0.6) is 5.75 Å². The second kappa shape index (κ2) is 6.99. The summed E-state index contributed by atoms with van der Waals surface area (Å²) in [6.07, 6.45) is 3.80. The van der Waals surface area contributed by atoms with E-state index in [1.165, 1.54) is 6.20 Å². The lowest BCUT2D eigenvalue weighted by atomic mass is 9.91. The molecule has 0 bridgehead atoms. The summed E-state index contributed by atoms with van der Waals surface area (Å²) in [6.45, 7) is 0. The highest BCUT2D eigenvalue weighted by atomic mass is 19.3. The maximum absolute atomic E-state index is 12.9. The molecule has 1 N–H and O–H groups in total. The van der Waals surface area contributed by atoms with Crippen molar-refractivity contribution in [2.24, 2.45) is 7.05 Å². The van der Waals surface area contributed by atoms with Crippen LogP contribution < -0.4 is 10.1 Å². The van der Waals surface area contributed by atoms with Crippen molar-refractivity contribution in [2.75, 3.05) is 5.32 Å². The fourth-order valence-corrected chi connectivity index (χ4v) is 2.90. The van der Waals surface area contributed by atoms with Gasteiger partial charge in [-0.15, -0.1) is 0 Å². The number of aryl methyl sites for hydroxylation is 1. The topological polar surface area (TPSA) is 81.9 Å². The maximum atomic E-state index is 12.9. The van der Waals surface area contributed by atoms with Crippen LogP contribution in [-0.4, -0.2) is 37.5 Å². The molecule has 28 heavy (non-hydrogen) atoms. The molecular weight excluding hydrogens is 368 g/mol. The Morgan fingerprint density at radius 3 is 2.64 bits per heavy atom. The Kier molecular flexibility index (Phi) is 4.50. The van der Waals surface area contributed by atoms with Gasteiger partial charge < -0.3 is 14.6 Å². The number of aromatic nitrogens is 4. The first-order chi connectivity index (χ1) is 13.4. The summed E-state index contributed by atoms with van der Waals surface area (Å²) in [6, 6.07) is 8.21. The van der Waals surface area contributed by atoms with Gasteiger partial charge in [0.15, 0.2) is 0 Å². The van der Waals surface area contributed by atoms with E-state index in [-0.39, 0.29) is 18.7 Å².